The number of alkyl halides is 1. The number of amides is 1. The molecule has 0 radical (unpaired) electrons. The third-order valence-electron chi connectivity index (χ3n) is 9.92. The summed E-state index contributed by atoms with van der Waals surface area (Å²) in [5, 5.41) is 43.0. The van der Waals surface area contributed by atoms with E-state index in [0.717, 1.165) is 44.1 Å². The lowest BCUT2D eigenvalue weighted by Gasteiger charge is -2.29. The van der Waals surface area contributed by atoms with E-state index in [9.17, 15) is 42.0 Å². The molecule has 6 atom stereocenters. The minimum Gasteiger partial charge on any atom is -0.481 e. The molecule has 2 bridgehead atoms. The highest BCUT2D eigenvalue weighted by Gasteiger charge is 2.55. The van der Waals surface area contributed by atoms with Crippen LogP contribution >= 0.6 is 15.9 Å². The summed E-state index contributed by atoms with van der Waals surface area (Å²) < 4.78 is 25.5. The molecule has 55 heavy (non-hydrogen) atoms. The van der Waals surface area contributed by atoms with Gasteiger partial charge in [-0.3, -0.25) is 33.6 Å². The number of nitrogens with one attached hydrogen (secondary N) is 1. The minimum atomic E-state index is -3.87. The summed E-state index contributed by atoms with van der Waals surface area (Å²) in [5.41, 5.74) is 0.909. The van der Waals surface area contributed by atoms with Gasteiger partial charge < -0.3 is 25.5 Å². The van der Waals surface area contributed by atoms with Crippen molar-refractivity contribution in [2.24, 2.45) is 35.5 Å². The van der Waals surface area contributed by atoms with Crippen LogP contribution in [0.15, 0.2) is 29.2 Å². The van der Waals surface area contributed by atoms with Crippen LogP contribution in [-0.2, 0) is 43.6 Å². The number of Topliss-reactive ketones (excluding diaryl/α,β-unsaturated/α-hetero) is 1. The van der Waals surface area contributed by atoms with Crippen LogP contribution in [0.5, 0.6) is 0 Å². The first-order chi connectivity index (χ1) is 25.8. The number of aryl methyl sites for hydroxylation is 1. The molecule has 3 aliphatic rings. The number of carboxylic acid groups (broad SMARTS) is 5. The first-order valence-corrected chi connectivity index (χ1v) is 21.1. The Hall–Kier alpha value is -3.86. The highest BCUT2D eigenvalue weighted by Crippen LogP contribution is 2.50. The van der Waals surface area contributed by atoms with Gasteiger partial charge in [0.05, 0.1) is 28.6 Å². The number of hydrogen-bond acceptors (Lipinski definition) is 9. The standard InChI is InChI=1S/C12H15NO5S.C12H24O2.C8H9BrO3.C6H8O4/c1-9-5-7-10(8-6-9)19(17,18)13-11(14)3-2-4-12(15)16;1-3-5-7-9-11(12(13)14)10-8-6-4-2;9-5-1-4-6(10)2-3(5)7(4)8(11)12;7-5(8)3-1-2-4(3)6(9)10/h5-8H,2-4H2,1H3,(H,13,14)(H,15,16);11H,3-10H2,1-2H3,(H,13,14);3-5,7H,1-2H2,(H,11,12);3-4H,1-2H2,(H,7,8)(H,9,10)/t;;;3-,4-/m...1/s1. The Kier molecular flexibility index (Phi) is 22.0. The zero-order valence-electron chi connectivity index (χ0n) is 31.7. The van der Waals surface area contributed by atoms with E-state index in [1.807, 2.05) is 11.6 Å². The molecule has 1 aromatic carbocycles. The Bertz CT molecular complexity index is 1530. The van der Waals surface area contributed by atoms with Crippen LogP contribution in [0.2, 0.25) is 0 Å². The van der Waals surface area contributed by atoms with Gasteiger partial charge in [0.15, 0.2) is 0 Å². The second kappa shape index (κ2) is 24.6. The van der Waals surface area contributed by atoms with Gasteiger partial charge in [0.1, 0.15) is 5.78 Å². The molecular weight excluding hydrogens is 806 g/mol. The first kappa shape index (κ1) is 49.2. The molecule has 0 heterocycles. The summed E-state index contributed by atoms with van der Waals surface area (Å²) >= 11 is 3.42. The number of carboxylic acids is 5. The van der Waals surface area contributed by atoms with Crippen molar-refractivity contribution in [1.82, 2.24) is 4.72 Å². The number of carbonyl (C=O) groups excluding carboxylic acids is 2. The van der Waals surface area contributed by atoms with Gasteiger partial charge in [0, 0.05) is 30.0 Å². The fourth-order valence-corrected chi connectivity index (χ4v) is 8.49. The smallest absolute Gasteiger partial charge is 0.307 e. The summed E-state index contributed by atoms with van der Waals surface area (Å²) in [6, 6.07) is 6.07. The molecule has 4 unspecified atom stereocenters. The molecule has 15 nitrogen and oxygen atoms in total. The average Bonchev–Trinajstić information content (AvgIpc) is 3.56. The molecule has 0 aromatic heterocycles. The average molecular weight is 863 g/mol. The second-order valence-electron chi connectivity index (χ2n) is 14.1. The summed E-state index contributed by atoms with van der Waals surface area (Å²) in [4.78, 5) is 75.3. The molecule has 3 saturated carbocycles. The summed E-state index contributed by atoms with van der Waals surface area (Å²) in [7, 11) is -3.87. The fourth-order valence-electron chi connectivity index (χ4n) is 6.55. The first-order valence-electron chi connectivity index (χ1n) is 18.7. The van der Waals surface area contributed by atoms with E-state index in [0.29, 0.717) is 25.7 Å². The Morgan fingerprint density at radius 3 is 1.64 bits per heavy atom. The van der Waals surface area contributed by atoms with Gasteiger partial charge in [-0.15, -0.1) is 0 Å². The van der Waals surface area contributed by atoms with E-state index in [4.69, 9.17) is 25.5 Å². The van der Waals surface area contributed by atoms with Gasteiger partial charge in [-0.25, -0.2) is 13.1 Å². The molecule has 0 spiro atoms. The van der Waals surface area contributed by atoms with E-state index in [-0.39, 0.29) is 52.5 Å². The highest BCUT2D eigenvalue weighted by atomic mass is 79.9. The monoisotopic (exact) mass is 861 g/mol. The number of fused-ring (bicyclic) bond motifs is 2. The van der Waals surface area contributed by atoms with Crippen molar-refractivity contribution in [3.63, 3.8) is 0 Å². The summed E-state index contributed by atoms with van der Waals surface area (Å²) in [6.07, 6.45) is 10.5. The Morgan fingerprint density at radius 2 is 1.29 bits per heavy atom. The number of sulfonamides is 1. The van der Waals surface area contributed by atoms with Crippen LogP contribution in [0.1, 0.15) is 116 Å². The lowest BCUT2D eigenvalue weighted by Crippen LogP contribution is -2.37. The topological polar surface area (TPSA) is 267 Å². The van der Waals surface area contributed by atoms with Gasteiger partial charge in [-0.1, -0.05) is 86.0 Å². The third kappa shape index (κ3) is 17.2. The lowest BCUT2D eigenvalue weighted by atomic mass is 9.74. The Labute approximate surface area is 330 Å². The molecule has 17 heteroatoms. The number of benzene rings is 1. The van der Waals surface area contributed by atoms with E-state index in [2.05, 4.69) is 29.8 Å². The molecule has 3 aliphatic carbocycles. The summed E-state index contributed by atoms with van der Waals surface area (Å²) in [6.45, 7) is 6.11. The number of hydrogen-bond donors (Lipinski definition) is 6. The number of aliphatic carboxylic acids is 5. The number of carbonyl (C=O) groups is 7. The number of ketones is 1. The van der Waals surface area contributed by atoms with Crippen LogP contribution in [-0.4, -0.2) is 80.3 Å². The molecule has 6 N–H and O–H groups in total. The molecule has 4 rings (SSSR count). The van der Waals surface area contributed by atoms with Gasteiger partial charge >= 0.3 is 29.8 Å². The molecule has 310 valence electrons. The van der Waals surface area contributed by atoms with Crippen LogP contribution < -0.4 is 4.72 Å². The second-order valence-corrected chi connectivity index (χ2v) is 17.0. The largest absolute Gasteiger partial charge is 0.481 e. The predicted molar refractivity (Wildman–Crippen MR) is 204 cm³/mol. The normalized spacial score (nSPS) is 22.0. The maximum Gasteiger partial charge on any atom is 0.307 e. The van der Waals surface area contributed by atoms with Crippen molar-refractivity contribution in [1.29, 1.82) is 0 Å². The predicted octanol–water partition coefficient (Wildman–Crippen LogP) is 6.14. The van der Waals surface area contributed by atoms with Gasteiger partial charge in [0.25, 0.3) is 10.0 Å². The molecule has 0 aliphatic heterocycles. The van der Waals surface area contributed by atoms with Crippen molar-refractivity contribution in [3.05, 3.63) is 29.8 Å². The SMILES string of the molecule is CCCCCC(CCCCC)C(=O)O.Cc1ccc(S(=O)(=O)NC(=O)CCCC(=O)O)cc1.O=C(O)[C@@H]1CC[C@H]1C(=O)O.O=C1CC2C(Br)CC1C2C(=O)O. The zero-order chi connectivity index (χ0) is 41.9. The summed E-state index contributed by atoms with van der Waals surface area (Å²) in [5.74, 6) is -6.92. The molecule has 1 amide bonds. The third-order valence-corrected chi connectivity index (χ3v) is 12.4. The molecule has 1 aromatic rings. The Balaban J connectivity index is 0.000000377. The van der Waals surface area contributed by atoms with Crippen LogP contribution in [0.4, 0.5) is 0 Å². The quantitative estimate of drug-likeness (QED) is 0.0715. The number of halogens is 1. The maximum absolute atomic E-state index is 11.8. The fraction of sp³-hybridized carbons (Fsp3) is 0.658. The molecule has 3 fully saturated rings. The van der Waals surface area contributed by atoms with Crippen molar-refractivity contribution in [3.8, 4) is 0 Å². The van der Waals surface area contributed by atoms with Crippen LogP contribution in [0.3, 0.4) is 0 Å². The van der Waals surface area contributed by atoms with Crippen LogP contribution in [0.25, 0.3) is 0 Å². The van der Waals surface area contributed by atoms with Crippen LogP contribution in [0, 0.1) is 42.4 Å². The van der Waals surface area contributed by atoms with Gasteiger partial charge in [0.2, 0.25) is 5.91 Å². The Morgan fingerprint density at radius 1 is 0.782 bits per heavy atom. The van der Waals surface area contributed by atoms with E-state index < -0.39 is 63.5 Å². The van der Waals surface area contributed by atoms with Crippen molar-refractivity contribution in [2.75, 3.05) is 0 Å². The molecule has 0 saturated heterocycles. The zero-order valence-corrected chi connectivity index (χ0v) is 34.1. The van der Waals surface area contributed by atoms with Crippen molar-refractivity contribution >= 4 is 67.5 Å². The van der Waals surface area contributed by atoms with Gasteiger partial charge in [-0.2, -0.15) is 0 Å². The number of rotatable bonds is 18. The van der Waals surface area contributed by atoms with E-state index >= 15 is 0 Å². The number of unbranched alkanes of at least 4 members (excludes halogenated alkanes) is 4. The highest BCUT2D eigenvalue weighted by molar-refractivity contribution is 9.09. The van der Waals surface area contributed by atoms with E-state index in [1.54, 1.807) is 12.1 Å². The minimum absolute atomic E-state index is 0.00434. The van der Waals surface area contributed by atoms with E-state index in [1.165, 1.54) is 25.0 Å². The van der Waals surface area contributed by atoms with Gasteiger partial charge in [-0.05, 0) is 63.5 Å². The van der Waals surface area contributed by atoms with Crippen molar-refractivity contribution < 1.29 is 67.5 Å². The molecular formula is C38H56BrNO14S. The van der Waals surface area contributed by atoms with Crippen molar-refractivity contribution in [2.45, 2.75) is 127 Å². The lowest BCUT2D eigenvalue weighted by molar-refractivity contribution is -0.160. The maximum atomic E-state index is 11.8.